The first-order valence-corrected chi connectivity index (χ1v) is 11.2. The smallest absolute Gasteiger partial charge is 0.295 e. The highest BCUT2D eigenvalue weighted by molar-refractivity contribution is 6.46. The second-order valence-corrected chi connectivity index (χ2v) is 8.28. The molecule has 182 valence electrons. The fourth-order valence-electron chi connectivity index (χ4n) is 3.87. The average molecular weight is 469 g/mol. The van der Waals surface area contributed by atoms with Crippen LogP contribution in [0.5, 0.6) is 17.2 Å². The molecular formula is C26H32N2O6. The number of carbonyl (C=O) groups excluding carboxylic acids is 2. The Morgan fingerprint density at radius 2 is 1.71 bits per heavy atom. The largest absolute Gasteiger partial charge is 0.507 e. The number of ether oxygens (including phenoxy) is 3. The molecule has 1 aliphatic heterocycles. The minimum absolute atomic E-state index is 0.0400. The minimum Gasteiger partial charge on any atom is -0.507 e. The van der Waals surface area contributed by atoms with Crippen molar-refractivity contribution in [1.82, 2.24) is 9.80 Å². The molecule has 34 heavy (non-hydrogen) atoms. The van der Waals surface area contributed by atoms with E-state index in [1.165, 1.54) is 19.1 Å². The van der Waals surface area contributed by atoms with Crippen molar-refractivity contribution in [3.8, 4) is 17.2 Å². The number of benzene rings is 2. The van der Waals surface area contributed by atoms with Gasteiger partial charge in [0.15, 0.2) is 11.5 Å². The first-order chi connectivity index (χ1) is 16.3. The number of hydrogen-bond acceptors (Lipinski definition) is 7. The normalized spacial score (nSPS) is 17.4. The zero-order valence-corrected chi connectivity index (χ0v) is 20.3. The van der Waals surface area contributed by atoms with Gasteiger partial charge in [0.05, 0.1) is 32.4 Å². The number of Topliss-reactive ketones (excluding diaryl/α,β-unsaturated/α-hetero) is 1. The van der Waals surface area contributed by atoms with Gasteiger partial charge in [-0.15, -0.1) is 0 Å². The highest BCUT2D eigenvalue weighted by Gasteiger charge is 2.46. The second-order valence-electron chi connectivity index (χ2n) is 8.28. The van der Waals surface area contributed by atoms with Crippen molar-refractivity contribution in [2.24, 2.45) is 0 Å². The number of aliphatic hydroxyl groups is 1. The van der Waals surface area contributed by atoms with Crippen LogP contribution in [0.25, 0.3) is 5.76 Å². The Morgan fingerprint density at radius 3 is 2.29 bits per heavy atom. The third-order valence-corrected chi connectivity index (χ3v) is 5.65. The van der Waals surface area contributed by atoms with E-state index in [4.69, 9.17) is 14.2 Å². The van der Waals surface area contributed by atoms with Gasteiger partial charge in [-0.2, -0.15) is 0 Å². The molecule has 8 heteroatoms. The molecule has 1 amide bonds. The zero-order chi connectivity index (χ0) is 24.8. The van der Waals surface area contributed by atoms with E-state index in [-0.39, 0.29) is 11.3 Å². The lowest BCUT2D eigenvalue weighted by molar-refractivity contribution is -0.140. The highest BCUT2D eigenvalue weighted by atomic mass is 16.5. The molecule has 0 unspecified atom stereocenters. The van der Waals surface area contributed by atoms with E-state index in [2.05, 4.69) is 0 Å². The van der Waals surface area contributed by atoms with Gasteiger partial charge in [-0.1, -0.05) is 13.0 Å². The molecule has 0 saturated carbocycles. The van der Waals surface area contributed by atoms with Gasteiger partial charge in [0.1, 0.15) is 11.5 Å². The van der Waals surface area contributed by atoms with Crippen LogP contribution in [-0.2, 0) is 9.59 Å². The Bertz CT molecular complexity index is 1060. The lowest BCUT2D eigenvalue weighted by Gasteiger charge is -2.27. The van der Waals surface area contributed by atoms with Crippen LogP contribution in [0, 0.1) is 0 Å². The molecule has 1 atom stereocenters. The summed E-state index contributed by atoms with van der Waals surface area (Å²) in [4.78, 5) is 29.6. The van der Waals surface area contributed by atoms with Crippen molar-refractivity contribution >= 4 is 17.4 Å². The Morgan fingerprint density at radius 1 is 1.03 bits per heavy atom. The minimum atomic E-state index is -0.768. The van der Waals surface area contributed by atoms with Crippen molar-refractivity contribution in [2.75, 3.05) is 48.0 Å². The topological polar surface area (TPSA) is 88.5 Å². The van der Waals surface area contributed by atoms with Crippen LogP contribution in [0.1, 0.15) is 30.5 Å². The summed E-state index contributed by atoms with van der Waals surface area (Å²) in [5.41, 5.74) is 1.11. The molecule has 3 rings (SSSR count). The van der Waals surface area contributed by atoms with Crippen molar-refractivity contribution in [3.05, 3.63) is 59.2 Å². The van der Waals surface area contributed by atoms with Gasteiger partial charge in [0, 0.05) is 18.7 Å². The summed E-state index contributed by atoms with van der Waals surface area (Å²) in [6.45, 7) is 3.47. The summed E-state index contributed by atoms with van der Waals surface area (Å²) >= 11 is 0. The van der Waals surface area contributed by atoms with Crippen molar-refractivity contribution in [3.63, 3.8) is 0 Å². The fraction of sp³-hybridized carbons (Fsp3) is 0.385. The van der Waals surface area contributed by atoms with E-state index < -0.39 is 17.7 Å². The number of likely N-dealkylation sites (tertiary alicyclic amines) is 1. The van der Waals surface area contributed by atoms with Crippen LogP contribution in [-0.4, -0.2) is 74.6 Å². The Labute approximate surface area is 200 Å². The first-order valence-electron chi connectivity index (χ1n) is 11.2. The molecule has 0 spiro atoms. The lowest BCUT2D eigenvalue weighted by Crippen LogP contribution is -2.35. The summed E-state index contributed by atoms with van der Waals surface area (Å²) in [6, 6.07) is 11.3. The third kappa shape index (κ3) is 5.17. The van der Waals surface area contributed by atoms with E-state index in [1.807, 2.05) is 25.9 Å². The predicted octanol–water partition coefficient (Wildman–Crippen LogP) is 3.48. The molecule has 1 fully saturated rings. The molecule has 0 radical (unpaired) electrons. The van der Waals surface area contributed by atoms with Crippen LogP contribution in [0.3, 0.4) is 0 Å². The summed E-state index contributed by atoms with van der Waals surface area (Å²) in [6.07, 6.45) is 0.878. The number of nitrogens with zero attached hydrogens (tertiary/aromatic N) is 2. The van der Waals surface area contributed by atoms with Gasteiger partial charge in [-0.05, 0) is 62.5 Å². The van der Waals surface area contributed by atoms with Gasteiger partial charge in [-0.3, -0.25) is 9.59 Å². The summed E-state index contributed by atoms with van der Waals surface area (Å²) in [5, 5.41) is 11.2. The predicted molar refractivity (Wildman–Crippen MR) is 129 cm³/mol. The third-order valence-electron chi connectivity index (χ3n) is 5.65. The van der Waals surface area contributed by atoms with E-state index in [1.54, 1.807) is 42.5 Å². The number of hydrogen-bond donors (Lipinski definition) is 1. The number of methoxy groups -OCH3 is 2. The maximum Gasteiger partial charge on any atom is 0.295 e. The number of likely N-dealkylation sites (N-methyl/N-ethyl adjacent to an activating group) is 1. The summed E-state index contributed by atoms with van der Waals surface area (Å²) in [5.74, 6) is 0.0667. The van der Waals surface area contributed by atoms with Crippen molar-refractivity contribution in [1.29, 1.82) is 0 Å². The van der Waals surface area contributed by atoms with Crippen LogP contribution in [0.15, 0.2) is 48.0 Å². The van der Waals surface area contributed by atoms with E-state index >= 15 is 0 Å². The molecule has 0 aromatic heterocycles. The number of carbonyl (C=O) groups is 2. The van der Waals surface area contributed by atoms with Crippen molar-refractivity contribution in [2.45, 2.75) is 19.4 Å². The number of amides is 1. The molecule has 8 nitrogen and oxygen atoms in total. The first kappa shape index (κ1) is 25.1. The molecule has 1 aliphatic rings. The van der Waals surface area contributed by atoms with Crippen LogP contribution in [0.4, 0.5) is 0 Å². The standard InChI is InChI=1S/C26H32N2O6/c1-6-15-34-19-10-7-17(8-11-19)24(29)22-23(18-9-12-20(32-4)21(16-18)33-5)28(14-13-27(2)3)26(31)25(22)30/h7-12,16,23,29H,6,13-15H2,1-5H3/b24-22+/t23-/m0/s1. The molecule has 2 aromatic rings. The van der Waals surface area contributed by atoms with Gasteiger partial charge in [0.25, 0.3) is 11.7 Å². The maximum atomic E-state index is 13.1. The van der Waals surface area contributed by atoms with Gasteiger partial charge in [0.2, 0.25) is 0 Å². The molecular weight excluding hydrogens is 436 g/mol. The monoisotopic (exact) mass is 468 g/mol. The van der Waals surface area contributed by atoms with Gasteiger partial charge in [-0.25, -0.2) is 0 Å². The van der Waals surface area contributed by atoms with Crippen LogP contribution < -0.4 is 14.2 Å². The average Bonchev–Trinajstić information content (AvgIpc) is 3.10. The fourth-order valence-corrected chi connectivity index (χ4v) is 3.87. The van der Waals surface area contributed by atoms with E-state index in [0.717, 1.165) is 6.42 Å². The molecule has 1 heterocycles. The Hall–Kier alpha value is -3.52. The quantitative estimate of drug-likeness (QED) is 0.324. The maximum absolute atomic E-state index is 13.1. The van der Waals surface area contributed by atoms with Gasteiger partial charge >= 0.3 is 0 Å². The molecule has 1 N–H and O–H groups in total. The van der Waals surface area contributed by atoms with Crippen LogP contribution in [0.2, 0.25) is 0 Å². The SMILES string of the molecule is CCCOc1ccc(/C(O)=C2\C(=O)C(=O)N(CCN(C)C)[C@H]2c2ccc(OC)c(OC)c2)cc1. The van der Waals surface area contributed by atoms with Crippen LogP contribution >= 0.6 is 0 Å². The highest BCUT2D eigenvalue weighted by Crippen LogP contribution is 2.41. The lowest BCUT2D eigenvalue weighted by atomic mass is 9.95. The number of ketones is 1. The zero-order valence-electron chi connectivity index (χ0n) is 20.3. The summed E-state index contributed by atoms with van der Waals surface area (Å²) in [7, 11) is 6.84. The molecule has 0 bridgehead atoms. The van der Waals surface area contributed by atoms with Crippen molar-refractivity contribution < 1.29 is 28.9 Å². The number of aliphatic hydroxyl groups excluding tert-OH is 1. The summed E-state index contributed by atoms with van der Waals surface area (Å²) < 4.78 is 16.4. The second kappa shape index (κ2) is 11.1. The molecule has 0 aliphatic carbocycles. The Balaban J connectivity index is 2.10. The Kier molecular flexibility index (Phi) is 8.17. The molecule has 1 saturated heterocycles. The number of rotatable bonds is 10. The van der Waals surface area contributed by atoms with E-state index in [9.17, 15) is 14.7 Å². The van der Waals surface area contributed by atoms with E-state index in [0.29, 0.717) is 48.1 Å². The van der Waals surface area contributed by atoms with Gasteiger partial charge < -0.3 is 29.1 Å². The molecule has 2 aromatic carbocycles.